The Bertz CT molecular complexity index is 1180. The molecule has 7 nitrogen and oxygen atoms in total. The van der Waals surface area contributed by atoms with Gasteiger partial charge < -0.3 is 5.32 Å². The summed E-state index contributed by atoms with van der Waals surface area (Å²) >= 11 is 6.02. The molecule has 0 spiro atoms. The first-order valence-corrected chi connectivity index (χ1v) is 10.2. The Morgan fingerprint density at radius 1 is 1.37 bits per heavy atom. The van der Waals surface area contributed by atoms with Crippen LogP contribution in [0, 0.1) is 11.3 Å². The minimum atomic E-state index is -0.384. The molecule has 1 fully saturated rings. The number of aryl methyl sites for hydroxylation is 1. The maximum Gasteiger partial charge on any atom is 0.328 e. The van der Waals surface area contributed by atoms with Crippen molar-refractivity contribution in [3.63, 3.8) is 0 Å². The van der Waals surface area contributed by atoms with E-state index >= 15 is 0 Å². The fraction of sp³-hybridized carbons (Fsp3) is 0.381. The van der Waals surface area contributed by atoms with Gasteiger partial charge in [0.05, 0.1) is 16.7 Å². The number of nitrogens with zero attached hydrogens (tertiary/aromatic N) is 5. The second-order valence-corrected chi connectivity index (χ2v) is 7.80. The molecule has 1 unspecified atom stereocenters. The number of aromatic nitrogens is 3. The Hall–Kier alpha value is -2.89. The van der Waals surface area contributed by atoms with Gasteiger partial charge in [-0.25, -0.2) is 14.2 Å². The number of pyridine rings is 1. The molecule has 1 N–H and O–H groups in total. The third-order valence-electron chi connectivity index (χ3n) is 5.71. The number of halogens is 2. The molecule has 1 aliphatic rings. The maximum atomic E-state index is 12.9. The summed E-state index contributed by atoms with van der Waals surface area (Å²) in [4.78, 5) is 18.9. The van der Waals surface area contributed by atoms with E-state index in [9.17, 15) is 14.4 Å². The van der Waals surface area contributed by atoms with E-state index in [1.807, 2.05) is 18.2 Å². The van der Waals surface area contributed by atoms with Crippen LogP contribution in [0.4, 0.5) is 15.8 Å². The van der Waals surface area contributed by atoms with Crippen LogP contribution < -0.4 is 11.0 Å². The summed E-state index contributed by atoms with van der Waals surface area (Å²) in [5, 5.41) is 12.7. The minimum Gasteiger partial charge on any atom is -0.354 e. The molecular formula is C21H22ClFN6O. The summed E-state index contributed by atoms with van der Waals surface area (Å²) in [6.45, 7) is 1.40. The number of alkyl halides is 1. The normalized spacial score (nSPS) is 16.8. The quantitative estimate of drug-likeness (QED) is 0.608. The van der Waals surface area contributed by atoms with Gasteiger partial charge in [0.15, 0.2) is 0 Å². The number of nitrogens with one attached hydrogen (secondary N) is 1. The number of nitriles is 1. The van der Waals surface area contributed by atoms with Gasteiger partial charge in [-0.1, -0.05) is 11.6 Å². The molecule has 9 heteroatoms. The van der Waals surface area contributed by atoms with Gasteiger partial charge in [-0.05, 0) is 43.7 Å². The molecule has 0 radical (unpaired) electrons. The number of anilines is 2. The lowest BCUT2D eigenvalue weighted by molar-refractivity contribution is 0.213. The van der Waals surface area contributed by atoms with Crippen LogP contribution in [0.5, 0.6) is 0 Å². The monoisotopic (exact) mass is 428 g/mol. The van der Waals surface area contributed by atoms with Crippen molar-refractivity contribution in [2.75, 3.05) is 25.1 Å². The molecule has 0 amide bonds. The number of fused-ring (bicyclic) bond motifs is 1. The molecule has 0 aliphatic carbocycles. The lowest BCUT2D eigenvalue weighted by Crippen LogP contribution is -2.37. The Morgan fingerprint density at radius 2 is 2.20 bits per heavy atom. The molecule has 3 heterocycles. The van der Waals surface area contributed by atoms with Crippen molar-refractivity contribution in [1.29, 1.82) is 5.26 Å². The summed E-state index contributed by atoms with van der Waals surface area (Å²) in [7, 11) is 1.75. The summed E-state index contributed by atoms with van der Waals surface area (Å²) in [5.41, 5.74) is 3.04. The van der Waals surface area contributed by atoms with Crippen LogP contribution in [-0.2, 0) is 13.6 Å². The van der Waals surface area contributed by atoms with Crippen molar-refractivity contribution >= 4 is 34.0 Å². The molecule has 156 valence electrons. The Balaban J connectivity index is 1.71. The van der Waals surface area contributed by atoms with Gasteiger partial charge in [0.1, 0.15) is 23.5 Å². The summed E-state index contributed by atoms with van der Waals surface area (Å²) in [6, 6.07) is 9.50. The Morgan fingerprint density at radius 3 is 2.97 bits per heavy atom. The zero-order valence-corrected chi connectivity index (χ0v) is 17.4. The number of rotatable bonds is 6. The Kier molecular flexibility index (Phi) is 5.75. The lowest BCUT2D eigenvalue weighted by atomic mass is 10.2. The molecule has 1 saturated heterocycles. The topological polar surface area (TPSA) is 78.9 Å². The standard InChI is InChI=1S/C21H22ClFN6O/c1-27-18-5-4-14(26-17-6-8-25-20(22)16(17)12-24)11-19(18)29(21(27)30)13-15-3-2-9-28(15)10-7-23/h4-6,8,11,15H,2-3,7,9-10,13H2,1H3,(H,25,26). The highest BCUT2D eigenvalue weighted by molar-refractivity contribution is 6.31. The highest BCUT2D eigenvalue weighted by atomic mass is 35.5. The third-order valence-corrected chi connectivity index (χ3v) is 5.99. The first-order chi connectivity index (χ1) is 14.5. The molecule has 30 heavy (non-hydrogen) atoms. The fourth-order valence-corrected chi connectivity index (χ4v) is 4.38. The van der Waals surface area contributed by atoms with Crippen molar-refractivity contribution in [3.8, 4) is 6.07 Å². The van der Waals surface area contributed by atoms with Crippen LogP contribution >= 0.6 is 11.6 Å². The van der Waals surface area contributed by atoms with Gasteiger partial charge in [0.2, 0.25) is 0 Å². The predicted molar refractivity (Wildman–Crippen MR) is 115 cm³/mol. The van der Waals surface area contributed by atoms with Crippen molar-refractivity contribution in [2.45, 2.75) is 25.4 Å². The molecule has 4 rings (SSSR count). The van der Waals surface area contributed by atoms with E-state index in [2.05, 4.69) is 21.3 Å². The second-order valence-electron chi connectivity index (χ2n) is 7.44. The van der Waals surface area contributed by atoms with Crippen molar-refractivity contribution in [2.24, 2.45) is 7.05 Å². The predicted octanol–water partition coefficient (Wildman–Crippen LogP) is 3.44. The van der Waals surface area contributed by atoms with Crippen molar-refractivity contribution in [3.05, 3.63) is 51.7 Å². The number of hydrogen-bond acceptors (Lipinski definition) is 5. The van der Waals surface area contributed by atoms with Crippen LogP contribution in [-0.4, -0.2) is 44.8 Å². The van der Waals surface area contributed by atoms with Gasteiger partial charge in [-0.3, -0.25) is 14.0 Å². The zero-order chi connectivity index (χ0) is 21.3. The first kappa shape index (κ1) is 20.4. The number of benzene rings is 1. The first-order valence-electron chi connectivity index (χ1n) is 9.84. The summed E-state index contributed by atoms with van der Waals surface area (Å²) < 4.78 is 16.3. The van der Waals surface area contributed by atoms with Crippen molar-refractivity contribution < 1.29 is 4.39 Å². The molecule has 2 aromatic heterocycles. The van der Waals surface area contributed by atoms with Gasteiger partial charge in [-0.15, -0.1) is 0 Å². The lowest BCUT2D eigenvalue weighted by Gasteiger charge is -2.23. The van der Waals surface area contributed by atoms with Gasteiger partial charge in [-0.2, -0.15) is 5.26 Å². The fourth-order valence-electron chi connectivity index (χ4n) is 4.18. The van der Waals surface area contributed by atoms with Gasteiger partial charge in [0.25, 0.3) is 0 Å². The van der Waals surface area contributed by atoms with Crippen LogP contribution in [0.25, 0.3) is 11.0 Å². The van der Waals surface area contributed by atoms with Crippen LogP contribution in [0.1, 0.15) is 18.4 Å². The van der Waals surface area contributed by atoms with Crippen LogP contribution in [0.3, 0.4) is 0 Å². The Labute approximate surface area is 178 Å². The highest BCUT2D eigenvalue weighted by Gasteiger charge is 2.26. The summed E-state index contributed by atoms with van der Waals surface area (Å²) in [6.07, 6.45) is 3.49. The number of likely N-dealkylation sites (tertiary alicyclic amines) is 1. The largest absolute Gasteiger partial charge is 0.354 e. The van der Waals surface area contributed by atoms with Crippen LogP contribution in [0.15, 0.2) is 35.3 Å². The van der Waals surface area contributed by atoms with Gasteiger partial charge >= 0.3 is 5.69 Å². The molecule has 0 saturated carbocycles. The van der Waals surface area contributed by atoms with E-state index in [-0.39, 0.29) is 29.1 Å². The average molecular weight is 429 g/mol. The van der Waals surface area contributed by atoms with E-state index in [1.165, 1.54) is 6.20 Å². The smallest absolute Gasteiger partial charge is 0.328 e. The summed E-state index contributed by atoms with van der Waals surface area (Å²) in [5.74, 6) is 0. The molecule has 3 aromatic rings. The molecule has 1 aliphatic heterocycles. The average Bonchev–Trinajstić information content (AvgIpc) is 3.27. The van der Waals surface area contributed by atoms with Crippen molar-refractivity contribution in [1.82, 2.24) is 19.0 Å². The van der Waals surface area contributed by atoms with E-state index < -0.39 is 0 Å². The molecule has 1 aromatic carbocycles. The van der Waals surface area contributed by atoms with Crippen LogP contribution in [0.2, 0.25) is 5.15 Å². The zero-order valence-electron chi connectivity index (χ0n) is 16.6. The third kappa shape index (κ3) is 3.66. The maximum absolute atomic E-state index is 12.9. The SMILES string of the molecule is Cn1c(=O)n(CC2CCCN2CCF)c2cc(Nc3ccnc(Cl)c3C#N)ccc21. The van der Waals surface area contributed by atoms with E-state index in [1.54, 1.807) is 22.2 Å². The molecule has 1 atom stereocenters. The molecule has 0 bridgehead atoms. The minimum absolute atomic E-state index is 0.0982. The van der Waals surface area contributed by atoms with E-state index in [4.69, 9.17) is 11.6 Å². The molecular weight excluding hydrogens is 407 g/mol. The van der Waals surface area contributed by atoms with Gasteiger partial charge in [0, 0.05) is 38.1 Å². The highest BCUT2D eigenvalue weighted by Crippen LogP contribution is 2.27. The van der Waals surface area contributed by atoms with E-state index in [0.29, 0.717) is 18.8 Å². The number of imidazole rings is 1. The van der Waals surface area contributed by atoms with E-state index in [0.717, 1.165) is 36.1 Å². The second kappa shape index (κ2) is 8.46. The number of hydrogen-bond donors (Lipinski definition) is 1.